The van der Waals surface area contributed by atoms with Crippen molar-refractivity contribution in [2.24, 2.45) is 0 Å². The summed E-state index contributed by atoms with van der Waals surface area (Å²) in [5, 5.41) is 5.80. The van der Waals surface area contributed by atoms with Crippen molar-refractivity contribution in [1.29, 1.82) is 0 Å². The third kappa shape index (κ3) is 5.42. The molecule has 1 aromatic rings. The van der Waals surface area contributed by atoms with Gasteiger partial charge >= 0.3 is 0 Å². The highest BCUT2D eigenvalue weighted by Gasteiger charge is 2.23. The van der Waals surface area contributed by atoms with E-state index in [0.717, 1.165) is 18.4 Å². The van der Waals surface area contributed by atoms with Gasteiger partial charge in [0.1, 0.15) is 0 Å². The maximum absolute atomic E-state index is 11.8. The van der Waals surface area contributed by atoms with Crippen molar-refractivity contribution in [3.05, 3.63) is 41.5 Å². The number of benzene rings is 1. The zero-order valence-electron chi connectivity index (χ0n) is 12.8. The Morgan fingerprint density at radius 3 is 2.29 bits per heavy atom. The zero-order chi connectivity index (χ0) is 15.5. The van der Waals surface area contributed by atoms with E-state index in [2.05, 4.69) is 10.6 Å². The summed E-state index contributed by atoms with van der Waals surface area (Å²) in [5.41, 5.74) is 1.30. The van der Waals surface area contributed by atoms with Crippen LogP contribution < -0.4 is 10.6 Å². The van der Waals surface area contributed by atoms with E-state index in [1.807, 2.05) is 32.9 Å². The molecule has 1 aliphatic rings. The van der Waals surface area contributed by atoms with Crippen LogP contribution in [0.1, 0.15) is 49.5 Å². The van der Waals surface area contributed by atoms with Crippen molar-refractivity contribution < 1.29 is 9.59 Å². The molecule has 0 spiro atoms. The van der Waals surface area contributed by atoms with Crippen LogP contribution in [0.15, 0.2) is 30.3 Å². The number of hydrogen-bond acceptors (Lipinski definition) is 2. The summed E-state index contributed by atoms with van der Waals surface area (Å²) >= 11 is 0. The molecule has 21 heavy (non-hydrogen) atoms. The molecule has 1 saturated carbocycles. The van der Waals surface area contributed by atoms with E-state index in [1.54, 1.807) is 18.2 Å². The molecule has 2 rings (SSSR count). The van der Waals surface area contributed by atoms with Crippen LogP contribution in [0.3, 0.4) is 0 Å². The van der Waals surface area contributed by atoms with Crippen LogP contribution in [-0.2, 0) is 4.79 Å². The zero-order valence-corrected chi connectivity index (χ0v) is 12.8. The Bertz CT molecular complexity index is 549. The molecule has 1 fully saturated rings. The largest absolute Gasteiger partial charge is 0.349 e. The highest BCUT2D eigenvalue weighted by Crippen LogP contribution is 2.19. The SMILES string of the molecule is CC(C)(C)NC(=O)/C=C/c1ccc(C(=O)NC2CC2)cc1. The molecular formula is C17H22N2O2. The maximum atomic E-state index is 11.8. The Morgan fingerprint density at radius 2 is 1.76 bits per heavy atom. The summed E-state index contributed by atoms with van der Waals surface area (Å²) in [5.74, 6) is -0.156. The van der Waals surface area contributed by atoms with Crippen LogP contribution in [0, 0.1) is 0 Å². The van der Waals surface area contributed by atoms with E-state index in [1.165, 1.54) is 6.08 Å². The van der Waals surface area contributed by atoms with Gasteiger partial charge in [0.15, 0.2) is 0 Å². The van der Waals surface area contributed by atoms with Gasteiger partial charge < -0.3 is 10.6 Å². The summed E-state index contributed by atoms with van der Waals surface area (Å²) in [6.45, 7) is 5.81. The normalized spacial score (nSPS) is 15.0. The molecule has 4 nitrogen and oxygen atoms in total. The second-order valence-electron chi connectivity index (χ2n) is 6.44. The molecule has 1 aromatic carbocycles. The van der Waals surface area contributed by atoms with Crippen LogP contribution >= 0.6 is 0 Å². The second kappa shape index (κ2) is 6.12. The van der Waals surface area contributed by atoms with Crippen molar-refractivity contribution in [3.63, 3.8) is 0 Å². The molecule has 4 heteroatoms. The minimum Gasteiger partial charge on any atom is -0.349 e. The molecule has 2 N–H and O–H groups in total. The highest BCUT2D eigenvalue weighted by molar-refractivity contribution is 5.95. The fourth-order valence-corrected chi connectivity index (χ4v) is 1.83. The first-order valence-electron chi connectivity index (χ1n) is 7.25. The van der Waals surface area contributed by atoms with Gasteiger partial charge in [-0.25, -0.2) is 0 Å². The second-order valence-corrected chi connectivity index (χ2v) is 6.44. The standard InChI is InChI=1S/C17H22N2O2/c1-17(2,3)19-15(20)11-6-12-4-7-13(8-5-12)16(21)18-14-9-10-14/h4-8,11,14H,9-10H2,1-3H3,(H,18,21)(H,19,20)/b11-6+. The van der Waals surface area contributed by atoms with Crippen LogP contribution in [0.5, 0.6) is 0 Å². The fourth-order valence-electron chi connectivity index (χ4n) is 1.83. The Morgan fingerprint density at radius 1 is 1.14 bits per heavy atom. The molecule has 0 aliphatic heterocycles. The van der Waals surface area contributed by atoms with Gasteiger partial charge in [0.25, 0.3) is 5.91 Å². The predicted molar refractivity (Wildman–Crippen MR) is 83.9 cm³/mol. The fraction of sp³-hybridized carbons (Fsp3) is 0.412. The summed E-state index contributed by atoms with van der Waals surface area (Å²) in [6, 6.07) is 7.59. The van der Waals surface area contributed by atoms with Gasteiger partial charge in [-0.3, -0.25) is 9.59 Å². The number of amides is 2. The molecule has 0 aromatic heterocycles. The van der Waals surface area contributed by atoms with E-state index < -0.39 is 0 Å². The van der Waals surface area contributed by atoms with Gasteiger partial charge in [-0.2, -0.15) is 0 Å². The summed E-state index contributed by atoms with van der Waals surface area (Å²) in [4.78, 5) is 23.5. The average Bonchev–Trinajstić information content (AvgIpc) is 3.19. The quantitative estimate of drug-likeness (QED) is 0.836. The Balaban J connectivity index is 1.92. The molecule has 0 unspecified atom stereocenters. The number of nitrogens with one attached hydrogen (secondary N) is 2. The first-order valence-corrected chi connectivity index (χ1v) is 7.25. The maximum Gasteiger partial charge on any atom is 0.251 e. The van der Waals surface area contributed by atoms with Crippen LogP contribution in [0.4, 0.5) is 0 Å². The van der Waals surface area contributed by atoms with Gasteiger partial charge in [0, 0.05) is 23.2 Å². The molecule has 112 valence electrons. The highest BCUT2D eigenvalue weighted by atomic mass is 16.2. The Hall–Kier alpha value is -2.10. The van der Waals surface area contributed by atoms with E-state index >= 15 is 0 Å². The number of rotatable bonds is 4. The Labute approximate surface area is 125 Å². The van der Waals surface area contributed by atoms with E-state index in [9.17, 15) is 9.59 Å². The lowest BCUT2D eigenvalue weighted by molar-refractivity contribution is -0.117. The molecule has 1 aliphatic carbocycles. The molecule has 0 atom stereocenters. The van der Waals surface area contributed by atoms with Crippen LogP contribution in [-0.4, -0.2) is 23.4 Å². The van der Waals surface area contributed by atoms with Gasteiger partial charge in [-0.05, 0) is 57.4 Å². The van der Waals surface area contributed by atoms with Gasteiger partial charge in [0.2, 0.25) is 5.91 Å². The van der Waals surface area contributed by atoms with Crippen molar-refractivity contribution in [1.82, 2.24) is 10.6 Å². The molecule has 2 amide bonds. The van der Waals surface area contributed by atoms with Crippen LogP contribution in [0.2, 0.25) is 0 Å². The van der Waals surface area contributed by atoms with Gasteiger partial charge in [-0.1, -0.05) is 12.1 Å². The van der Waals surface area contributed by atoms with Crippen molar-refractivity contribution in [2.75, 3.05) is 0 Å². The van der Waals surface area contributed by atoms with Crippen molar-refractivity contribution in [2.45, 2.75) is 45.2 Å². The summed E-state index contributed by atoms with van der Waals surface area (Å²) in [6.07, 6.45) is 5.40. The third-order valence-corrected chi connectivity index (χ3v) is 3.01. The lowest BCUT2D eigenvalue weighted by atomic mass is 10.1. The summed E-state index contributed by atoms with van der Waals surface area (Å²) in [7, 11) is 0. The van der Waals surface area contributed by atoms with Gasteiger partial charge in [0.05, 0.1) is 0 Å². The Kier molecular flexibility index (Phi) is 4.46. The third-order valence-electron chi connectivity index (χ3n) is 3.01. The molecule has 0 saturated heterocycles. The van der Waals surface area contributed by atoms with Crippen molar-refractivity contribution in [3.8, 4) is 0 Å². The lowest BCUT2D eigenvalue weighted by Gasteiger charge is -2.18. The average molecular weight is 286 g/mol. The first-order chi connectivity index (χ1) is 9.83. The first kappa shape index (κ1) is 15.3. The molecular weight excluding hydrogens is 264 g/mol. The summed E-state index contributed by atoms with van der Waals surface area (Å²) < 4.78 is 0. The predicted octanol–water partition coefficient (Wildman–Crippen LogP) is 2.51. The minimum atomic E-state index is -0.244. The van der Waals surface area contributed by atoms with Gasteiger partial charge in [-0.15, -0.1) is 0 Å². The van der Waals surface area contributed by atoms with Crippen LogP contribution in [0.25, 0.3) is 6.08 Å². The molecule has 0 heterocycles. The molecule has 0 bridgehead atoms. The number of hydrogen-bond donors (Lipinski definition) is 2. The number of carbonyl (C=O) groups excluding carboxylic acids is 2. The molecule has 0 radical (unpaired) electrons. The monoisotopic (exact) mass is 286 g/mol. The lowest BCUT2D eigenvalue weighted by Crippen LogP contribution is -2.39. The smallest absolute Gasteiger partial charge is 0.251 e. The van der Waals surface area contributed by atoms with E-state index in [-0.39, 0.29) is 17.4 Å². The van der Waals surface area contributed by atoms with E-state index in [0.29, 0.717) is 11.6 Å². The number of carbonyl (C=O) groups is 2. The van der Waals surface area contributed by atoms with Crippen molar-refractivity contribution >= 4 is 17.9 Å². The van der Waals surface area contributed by atoms with E-state index in [4.69, 9.17) is 0 Å². The topological polar surface area (TPSA) is 58.2 Å². The minimum absolute atomic E-state index is 0.0292.